The smallest absolute Gasteiger partial charge is 0.236 e. The van der Waals surface area contributed by atoms with E-state index < -0.39 is 0 Å². The molecule has 0 radical (unpaired) electrons. The molecule has 5 heteroatoms. The van der Waals surface area contributed by atoms with Gasteiger partial charge in [-0.1, -0.05) is 41.7 Å². The second kappa shape index (κ2) is 4.17. The lowest BCUT2D eigenvalue weighted by molar-refractivity contribution is -0.118. The van der Waals surface area contributed by atoms with E-state index in [9.17, 15) is 4.79 Å². The molecule has 92 valence electrons. The quantitative estimate of drug-likeness (QED) is 0.921. The van der Waals surface area contributed by atoms with Gasteiger partial charge >= 0.3 is 0 Å². The average Bonchev–Trinajstić information content (AvgIpc) is 3.10. The summed E-state index contributed by atoms with van der Waals surface area (Å²) in [6.07, 6.45) is 1.81. The van der Waals surface area contributed by atoms with E-state index in [-0.39, 0.29) is 11.3 Å². The molecule has 1 aliphatic rings. The van der Waals surface area contributed by atoms with Gasteiger partial charge in [0.05, 0.1) is 5.41 Å². The second-order valence-electron chi connectivity index (χ2n) is 4.53. The highest BCUT2D eigenvalue weighted by molar-refractivity contribution is 7.15. The zero-order valence-corrected chi connectivity index (χ0v) is 10.8. The Morgan fingerprint density at radius 1 is 1.28 bits per heavy atom. The Morgan fingerprint density at radius 2 is 2.00 bits per heavy atom. The molecule has 1 aliphatic carbocycles. The molecule has 1 aromatic heterocycles. The third kappa shape index (κ3) is 1.90. The summed E-state index contributed by atoms with van der Waals surface area (Å²) >= 11 is 1.40. The van der Waals surface area contributed by atoms with Crippen molar-refractivity contribution in [2.24, 2.45) is 0 Å². The van der Waals surface area contributed by atoms with Crippen LogP contribution in [-0.4, -0.2) is 16.1 Å². The number of benzene rings is 1. The van der Waals surface area contributed by atoms with Gasteiger partial charge in [0.2, 0.25) is 11.0 Å². The van der Waals surface area contributed by atoms with Crippen molar-refractivity contribution in [2.75, 3.05) is 5.32 Å². The lowest BCUT2D eigenvalue weighted by Gasteiger charge is -2.13. The topological polar surface area (TPSA) is 54.9 Å². The maximum Gasteiger partial charge on any atom is 0.236 e. The zero-order chi connectivity index (χ0) is 12.6. The van der Waals surface area contributed by atoms with E-state index >= 15 is 0 Å². The van der Waals surface area contributed by atoms with E-state index in [1.54, 1.807) is 0 Å². The highest BCUT2D eigenvalue weighted by Gasteiger charge is 2.51. The van der Waals surface area contributed by atoms with Gasteiger partial charge in [-0.3, -0.25) is 10.1 Å². The van der Waals surface area contributed by atoms with Crippen molar-refractivity contribution < 1.29 is 4.79 Å². The molecule has 18 heavy (non-hydrogen) atoms. The summed E-state index contributed by atoms with van der Waals surface area (Å²) in [6.45, 7) is 1.87. The number of amides is 1. The van der Waals surface area contributed by atoms with Crippen LogP contribution in [0, 0.1) is 6.92 Å². The van der Waals surface area contributed by atoms with Gasteiger partial charge in [-0.25, -0.2) is 0 Å². The number of rotatable bonds is 3. The molecule has 0 bridgehead atoms. The summed E-state index contributed by atoms with van der Waals surface area (Å²) in [5.41, 5.74) is 0.740. The van der Waals surface area contributed by atoms with E-state index in [0.717, 1.165) is 23.4 Å². The van der Waals surface area contributed by atoms with Crippen LogP contribution in [0.1, 0.15) is 23.4 Å². The fourth-order valence-electron chi connectivity index (χ4n) is 2.09. The summed E-state index contributed by atoms with van der Waals surface area (Å²) < 4.78 is 0. The van der Waals surface area contributed by atoms with Crippen LogP contribution in [0.3, 0.4) is 0 Å². The molecular weight excluding hydrogens is 246 g/mol. The van der Waals surface area contributed by atoms with Crippen LogP contribution in [0.5, 0.6) is 0 Å². The number of anilines is 1. The van der Waals surface area contributed by atoms with Crippen LogP contribution < -0.4 is 5.32 Å². The van der Waals surface area contributed by atoms with Crippen LogP contribution in [0.4, 0.5) is 5.13 Å². The van der Waals surface area contributed by atoms with Crippen molar-refractivity contribution in [1.29, 1.82) is 0 Å². The Bertz CT molecular complexity index is 575. The maximum absolute atomic E-state index is 12.3. The number of nitrogens with zero attached hydrogens (tertiary/aromatic N) is 2. The number of aromatic nitrogens is 2. The highest BCUT2D eigenvalue weighted by Crippen LogP contribution is 2.48. The van der Waals surface area contributed by atoms with E-state index in [4.69, 9.17) is 0 Å². The predicted molar refractivity (Wildman–Crippen MR) is 70.6 cm³/mol. The normalized spacial score (nSPS) is 16.3. The molecule has 1 saturated carbocycles. The van der Waals surface area contributed by atoms with Gasteiger partial charge in [0, 0.05) is 0 Å². The lowest BCUT2D eigenvalue weighted by atomic mass is 9.95. The first-order valence-electron chi connectivity index (χ1n) is 5.88. The molecule has 1 aromatic carbocycles. The van der Waals surface area contributed by atoms with E-state index in [0.29, 0.717) is 5.13 Å². The van der Waals surface area contributed by atoms with Crippen molar-refractivity contribution in [3.63, 3.8) is 0 Å². The molecule has 0 aliphatic heterocycles. The molecule has 0 atom stereocenters. The fourth-order valence-corrected chi connectivity index (χ4v) is 2.68. The number of carbonyl (C=O) groups excluding carboxylic acids is 1. The van der Waals surface area contributed by atoms with Gasteiger partial charge in [-0.2, -0.15) is 0 Å². The minimum absolute atomic E-state index is 0.0323. The Morgan fingerprint density at radius 3 is 2.56 bits per heavy atom. The number of hydrogen-bond donors (Lipinski definition) is 1. The van der Waals surface area contributed by atoms with Crippen LogP contribution >= 0.6 is 11.3 Å². The van der Waals surface area contributed by atoms with Crippen molar-refractivity contribution in [3.8, 4) is 0 Å². The molecule has 2 aromatic rings. The summed E-state index contributed by atoms with van der Waals surface area (Å²) in [7, 11) is 0. The Labute approximate surface area is 109 Å². The van der Waals surface area contributed by atoms with Gasteiger partial charge in [0.25, 0.3) is 0 Å². The van der Waals surface area contributed by atoms with Crippen LogP contribution in [-0.2, 0) is 10.2 Å². The van der Waals surface area contributed by atoms with Crippen LogP contribution in [0.2, 0.25) is 0 Å². The summed E-state index contributed by atoms with van der Waals surface area (Å²) in [5.74, 6) is 0.0323. The zero-order valence-electron chi connectivity index (χ0n) is 10.0. The minimum Gasteiger partial charge on any atom is -0.300 e. The number of nitrogens with one attached hydrogen (secondary N) is 1. The van der Waals surface area contributed by atoms with E-state index in [1.165, 1.54) is 11.3 Å². The summed E-state index contributed by atoms with van der Waals surface area (Å²) in [4.78, 5) is 12.3. The first kappa shape index (κ1) is 11.3. The van der Waals surface area contributed by atoms with E-state index in [1.807, 2.05) is 37.3 Å². The van der Waals surface area contributed by atoms with Crippen molar-refractivity contribution in [2.45, 2.75) is 25.2 Å². The van der Waals surface area contributed by atoms with Gasteiger partial charge in [0.1, 0.15) is 5.01 Å². The van der Waals surface area contributed by atoms with Gasteiger partial charge in [0.15, 0.2) is 0 Å². The van der Waals surface area contributed by atoms with Gasteiger partial charge in [-0.15, -0.1) is 10.2 Å². The first-order chi connectivity index (χ1) is 8.71. The molecule has 0 spiro atoms. The minimum atomic E-state index is -0.346. The molecule has 0 saturated heterocycles. The van der Waals surface area contributed by atoms with Crippen molar-refractivity contribution in [3.05, 3.63) is 40.9 Å². The lowest BCUT2D eigenvalue weighted by Crippen LogP contribution is -2.27. The Kier molecular flexibility index (Phi) is 2.63. The monoisotopic (exact) mass is 259 g/mol. The molecule has 1 amide bonds. The summed E-state index contributed by atoms with van der Waals surface area (Å²) in [5, 5.41) is 12.1. The maximum atomic E-state index is 12.3. The van der Waals surface area contributed by atoms with Crippen molar-refractivity contribution in [1.82, 2.24) is 10.2 Å². The second-order valence-corrected chi connectivity index (χ2v) is 5.71. The fraction of sp³-hybridized carbons (Fsp3) is 0.308. The molecule has 0 unspecified atom stereocenters. The third-order valence-electron chi connectivity index (χ3n) is 3.26. The molecule has 1 heterocycles. The largest absolute Gasteiger partial charge is 0.300 e. The molecular formula is C13H13N3OS. The summed E-state index contributed by atoms with van der Waals surface area (Å²) in [6, 6.07) is 9.93. The number of aryl methyl sites for hydroxylation is 1. The SMILES string of the molecule is Cc1nnc(NC(=O)C2(c3ccccc3)CC2)s1. The van der Waals surface area contributed by atoms with Crippen molar-refractivity contribution >= 4 is 22.4 Å². The Hall–Kier alpha value is -1.75. The van der Waals surface area contributed by atoms with Crippen LogP contribution in [0.15, 0.2) is 30.3 Å². The van der Waals surface area contributed by atoms with Gasteiger partial charge < -0.3 is 0 Å². The standard InChI is InChI=1S/C13H13N3OS/c1-9-15-16-12(18-9)14-11(17)13(7-8-13)10-5-3-2-4-6-10/h2-6H,7-8H2,1H3,(H,14,16,17). The number of hydrogen-bond acceptors (Lipinski definition) is 4. The predicted octanol–water partition coefficient (Wildman–Crippen LogP) is 2.52. The third-order valence-corrected chi connectivity index (χ3v) is 4.01. The highest BCUT2D eigenvalue weighted by atomic mass is 32.1. The molecule has 1 N–H and O–H groups in total. The van der Waals surface area contributed by atoms with E-state index in [2.05, 4.69) is 15.5 Å². The number of carbonyl (C=O) groups is 1. The molecule has 3 rings (SSSR count). The van der Waals surface area contributed by atoms with Crippen LogP contribution in [0.25, 0.3) is 0 Å². The first-order valence-corrected chi connectivity index (χ1v) is 6.69. The average molecular weight is 259 g/mol. The van der Waals surface area contributed by atoms with Gasteiger partial charge in [-0.05, 0) is 25.3 Å². The molecule has 1 fully saturated rings. The Balaban J connectivity index is 1.81. The molecule has 4 nitrogen and oxygen atoms in total.